The molecule has 96 valence electrons. The molecule has 0 saturated carbocycles. The summed E-state index contributed by atoms with van der Waals surface area (Å²) in [6.07, 6.45) is 3.49. The van der Waals surface area contributed by atoms with Crippen molar-refractivity contribution in [1.82, 2.24) is 5.32 Å². The molecular weight excluding hydrogens is 242 g/mol. The second-order valence-electron chi connectivity index (χ2n) is 5.87. The van der Waals surface area contributed by atoms with E-state index in [1.165, 1.54) is 24.0 Å². The van der Waals surface area contributed by atoms with Gasteiger partial charge in [0.05, 0.1) is 0 Å². The Balaban J connectivity index is 1.95. The number of hydrogen-bond acceptors (Lipinski definition) is 1. The van der Waals surface area contributed by atoms with Crippen molar-refractivity contribution in [3.8, 4) is 0 Å². The Morgan fingerprint density at radius 1 is 1.39 bits per heavy atom. The van der Waals surface area contributed by atoms with E-state index in [9.17, 15) is 0 Å². The van der Waals surface area contributed by atoms with Gasteiger partial charge < -0.3 is 5.32 Å². The molecule has 1 heterocycles. The minimum Gasteiger partial charge on any atom is -0.310 e. The molecule has 0 aromatic heterocycles. The second-order valence-corrected chi connectivity index (χ2v) is 6.30. The summed E-state index contributed by atoms with van der Waals surface area (Å²) in [5.41, 5.74) is 6.08. The first-order chi connectivity index (χ1) is 8.65. The van der Waals surface area contributed by atoms with Crippen LogP contribution in [0.4, 0.5) is 0 Å². The van der Waals surface area contributed by atoms with E-state index in [1.807, 2.05) is 6.07 Å². The Kier molecular flexibility index (Phi) is 3.21. The van der Waals surface area contributed by atoms with Crippen molar-refractivity contribution >= 4 is 17.2 Å². The predicted molar refractivity (Wildman–Crippen MR) is 77.9 cm³/mol. The van der Waals surface area contributed by atoms with E-state index in [4.69, 9.17) is 11.6 Å². The van der Waals surface area contributed by atoms with Gasteiger partial charge in [0, 0.05) is 11.1 Å². The van der Waals surface area contributed by atoms with Crippen LogP contribution in [0.15, 0.2) is 23.8 Å². The summed E-state index contributed by atoms with van der Waals surface area (Å²) in [5.74, 6) is 0.738. The van der Waals surface area contributed by atoms with Crippen molar-refractivity contribution in [2.24, 2.45) is 5.92 Å². The van der Waals surface area contributed by atoms with Gasteiger partial charge in [0.25, 0.3) is 0 Å². The van der Waals surface area contributed by atoms with E-state index in [2.05, 4.69) is 31.3 Å². The SMILES string of the molecule is CC(C)CC1NCCC2=C1Cc1cc(Cl)ccc12. The van der Waals surface area contributed by atoms with E-state index in [0.29, 0.717) is 6.04 Å². The van der Waals surface area contributed by atoms with Crippen molar-refractivity contribution in [2.75, 3.05) is 6.54 Å². The third-order valence-electron chi connectivity index (χ3n) is 4.05. The lowest BCUT2D eigenvalue weighted by Crippen LogP contribution is -2.36. The molecule has 2 heteroatoms. The largest absolute Gasteiger partial charge is 0.310 e. The monoisotopic (exact) mass is 261 g/mol. The summed E-state index contributed by atoms with van der Waals surface area (Å²) in [6, 6.07) is 6.94. The minimum atomic E-state index is 0.569. The van der Waals surface area contributed by atoms with Crippen molar-refractivity contribution in [3.63, 3.8) is 0 Å². The van der Waals surface area contributed by atoms with Crippen LogP contribution in [0.5, 0.6) is 0 Å². The molecule has 18 heavy (non-hydrogen) atoms. The Bertz CT molecular complexity index is 502. The highest BCUT2D eigenvalue weighted by Gasteiger charge is 2.29. The lowest BCUT2D eigenvalue weighted by molar-refractivity contribution is 0.449. The third kappa shape index (κ3) is 2.10. The van der Waals surface area contributed by atoms with Gasteiger partial charge in [0.2, 0.25) is 0 Å². The van der Waals surface area contributed by atoms with Gasteiger partial charge in [0.1, 0.15) is 0 Å². The Morgan fingerprint density at radius 2 is 2.22 bits per heavy atom. The van der Waals surface area contributed by atoms with Crippen LogP contribution in [0.3, 0.4) is 0 Å². The van der Waals surface area contributed by atoms with Crippen molar-refractivity contribution < 1.29 is 0 Å². The normalized spacial score (nSPS) is 22.3. The van der Waals surface area contributed by atoms with Crippen LogP contribution in [-0.4, -0.2) is 12.6 Å². The molecule has 0 bridgehead atoms. The van der Waals surface area contributed by atoms with Crippen LogP contribution in [0.25, 0.3) is 5.57 Å². The van der Waals surface area contributed by atoms with Crippen molar-refractivity contribution in [2.45, 2.75) is 39.2 Å². The summed E-state index contributed by atoms with van der Waals surface area (Å²) >= 11 is 6.11. The average Bonchev–Trinajstić information content (AvgIpc) is 2.67. The summed E-state index contributed by atoms with van der Waals surface area (Å²) in [4.78, 5) is 0. The van der Waals surface area contributed by atoms with E-state index in [1.54, 1.807) is 11.1 Å². The first-order valence-corrected chi connectivity index (χ1v) is 7.27. The molecular formula is C16H20ClN. The van der Waals surface area contributed by atoms with E-state index in [-0.39, 0.29) is 0 Å². The molecule has 0 spiro atoms. The molecule has 1 unspecified atom stereocenters. The summed E-state index contributed by atoms with van der Waals surface area (Å²) in [7, 11) is 0. The summed E-state index contributed by atoms with van der Waals surface area (Å²) < 4.78 is 0. The van der Waals surface area contributed by atoms with Crippen LogP contribution in [0.1, 0.15) is 37.8 Å². The lowest BCUT2D eigenvalue weighted by atomic mass is 9.89. The van der Waals surface area contributed by atoms with Gasteiger partial charge in [-0.3, -0.25) is 0 Å². The molecule has 1 nitrogen and oxygen atoms in total. The quantitative estimate of drug-likeness (QED) is 0.847. The zero-order valence-electron chi connectivity index (χ0n) is 11.1. The predicted octanol–water partition coefficient (Wildman–Crippen LogP) is 4.06. The molecule has 1 aromatic carbocycles. The fourth-order valence-electron chi connectivity index (χ4n) is 3.31. The van der Waals surface area contributed by atoms with Gasteiger partial charge in [-0.15, -0.1) is 0 Å². The summed E-state index contributed by atoms with van der Waals surface area (Å²) in [5, 5.41) is 4.54. The zero-order valence-corrected chi connectivity index (χ0v) is 11.8. The van der Waals surface area contributed by atoms with Gasteiger partial charge in [-0.05, 0) is 66.1 Å². The maximum Gasteiger partial charge on any atom is 0.0409 e. The molecule has 1 aromatic rings. The minimum absolute atomic E-state index is 0.569. The van der Waals surface area contributed by atoms with Gasteiger partial charge in [-0.1, -0.05) is 31.5 Å². The third-order valence-corrected chi connectivity index (χ3v) is 4.29. The molecule has 0 amide bonds. The maximum absolute atomic E-state index is 6.11. The lowest BCUT2D eigenvalue weighted by Gasteiger charge is -2.28. The topological polar surface area (TPSA) is 12.0 Å². The molecule has 1 aliphatic carbocycles. The molecule has 1 aliphatic heterocycles. The van der Waals surface area contributed by atoms with Crippen LogP contribution in [-0.2, 0) is 6.42 Å². The Hall–Kier alpha value is -0.790. The smallest absolute Gasteiger partial charge is 0.0409 e. The highest BCUT2D eigenvalue weighted by atomic mass is 35.5. The van der Waals surface area contributed by atoms with Gasteiger partial charge in [-0.2, -0.15) is 0 Å². The number of rotatable bonds is 2. The van der Waals surface area contributed by atoms with Gasteiger partial charge in [0.15, 0.2) is 0 Å². The highest BCUT2D eigenvalue weighted by molar-refractivity contribution is 6.30. The van der Waals surface area contributed by atoms with Crippen molar-refractivity contribution in [3.05, 3.63) is 39.9 Å². The number of nitrogens with one attached hydrogen (secondary N) is 1. The molecule has 0 fully saturated rings. The number of hydrogen-bond donors (Lipinski definition) is 1. The molecule has 2 aliphatic rings. The first kappa shape index (κ1) is 12.3. The second kappa shape index (κ2) is 4.71. The van der Waals surface area contributed by atoms with E-state index >= 15 is 0 Å². The fraction of sp³-hybridized carbons (Fsp3) is 0.500. The standard InChI is InChI=1S/C16H20ClN/c1-10(2)7-16-15-9-11-8-12(17)3-4-13(11)14(15)5-6-18-16/h3-4,8,10,16,18H,5-7,9H2,1-2H3. The molecule has 1 N–H and O–H groups in total. The van der Waals surface area contributed by atoms with Crippen LogP contribution < -0.4 is 5.32 Å². The molecule has 0 saturated heterocycles. The first-order valence-electron chi connectivity index (χ1n) is 6.89. The van der Waals surface area contributed by atoms with Gasteiger partial charge in [-0.25, -0.2) is 0 Å². The summed E-state index contributed by atoms with van der Waals surface area (Å²) in [6.45, 7) is 5.71. The number of benzene rings is 1. The average molecular weight is 262 g/mol. The van der Waals surface area contributed by atoms with E-state index < -0.39 is 0 Å². The molecule has 0 radical (unpaired) electrons. The Morgan fingerprint density at radius 3 is 3.00 bits per heavy atom. The van der Waals surface area contributed by atoms with Crippen LogP contribution >= 0.6 is 11.6 Å². The van der Waals surface area contributed by atoms with Crippen LogP contribution in [0.2, 0.25) is 5.02 Å². The molecule has 3 rings (SSSR count). The fourth-order valence-corrected chi connectivity index (χ4v) is 3.50. The Labute approximate surface area is 114 Å². The van der Waals surface area contributed by atoms with E-state index in [0.717, 1.165) is 23.9 Å². The number of fused-ring (bicyclic) bond motifs is 2. The zero-order chi connectivity index (χ0) is 12.7. The van der Waals surface area contributed by atoms with Gasteiger partial charge >= 0.3 is 0 Å². The maximum atomic E-state index is 6.11. The van der Waals surface area contributed by atoms with Crippen LogP contribution in [0, 0.1) is 5.92 Å². The highest BCUT2D eigenvalue weighted by Crippen LogP contribution is 2.40. The van der Waals surface area contributed by atoms with Crippen molar-refractivity contribution in [1.29, 1.82) is 0 Å². The molecule has 1 atom stereocenters. The number of halogens is 1.